The topological polar surface area (TPSA) is 62.3 Å². The van der Waals surface area contributed by atoms with E-state index in [1.54, 1.807) is 26.8 Å². The van der Waals surface area contributed by atoms with Crippen molar-refractivity contribution in [2.45, 2.75) is 40.2 Å². The Morgan fingerprint density at radius 3 is 2.40 bits per heavy atom. The van der Waals surface area contributed by atoms with Gasteiger partial charge in [-0.15, -0.1) is 11.3 Å². The molecule has 7 heteroatoms. The van der Waals surface area contributed by atoms with Crippen LogP contribution in [0.25, 0.3) is 0 Å². The highest BCUT2D eigenvalue weighted by Crippen LogP contribution is 2.22. The molecule has 5 nitrogen and oxygen atoms in total. The number of carbonyl (C=O) groups is 2. The number of benzene rings is 1. The molecule has 0 atom stereocenters. The number of hydrogen-bond donors (Lipinski definition) is 1. The van der Waals surface area contributed by atoms with Crippen molar-refractivity contribution in [2.75, 3.05) is 11.9 Å². The monoisotopic (exact) mass is 363 g/mol. The Morgan fingerprint density at radius 2 is 1.88 bits per heavy atom. The van der Waals surface area contributed by atoms with Crippen LogP contribution in [0.1, 0.15) is 41.7 Å². The van der Waals surface area contributed by atoms with Gasteiger partial charge in [0, 0.05) is 10.4 Å². The summed E-state index contributed by atoms with van der Waals surface area (Å²) in [6.07, 6.45) is 0. The molecule has 0 spiro atoms. The second kappa shape index (κ2) is 7.31. The Balaban J connectivity index is 2.19. The second-order valence-electron chi connectivity index (χ2n) is 6.75. The largest absolute Gasteiger partial charge is 0.324 e. The first-order valence-corrected chi connectivity index (χ1v) is 8.71. The van der Waals surface area contributed by atoms with Crippen molar-refractivity contribution in [1.82, 2.24) is 9.88 Å². The predicted molar refractivity (Wildman–Crippen MR) is 97.4 cm³/mol. The summed E-state index contributed by atoms with van der Waals surface area (Å²) in [6.45, 7) is 9.01. The highest BCUT2D eigenvalue weighted by Gasteiger charge is 2.30. The van der Waals surface area contributed by atoms with Crippen LogP contribution in [0.15, 0.2) is 24.3 Å². The Hall–Kier alpha value is -2.28. The normalized spacial score (nSPS) is 11.3. The van der Waals surface area contributed by atoms with Crippen LogP contribution in [-0.2, 0) is 4.79 Å². The Morgan fingerprint density at radius 1 is 1.24 bits per heavy atom. The van der Waals surface area contributed by atoms with E-state index in [9.17, 15) is 14.0 Å². The molecule has 1 N–H and O–H groups in total. The van der Waals surface area contributed by atoms with Crippen LogP contribution in [0.5, 0.6) is 0 Å². The molecule has 2 rings (SSSR count). The van der Waals surface area contributed by atoms with Crippen LogP contribution in [0.2, 0.25) is 0 Å². The maximum Gasteiger partial charge on any atom is 0.257 e. The number of nitrogens with one attached hydrogen (secondary N) is 1. The van der Waals surface area contributed by atoms with Crippen LogP contribution in [0.4, 0.5) is 9.52 Å². The van der Waals surface area contributed by atoms with Gasteiger partial charge in [-0.3, -0.25) is 9.59 Å². The summed E-state index contributed by atoms with van der Waals surface area (Å²) in [7, 11) is 0. The van der Waals surface area contributed by atoms with E-state index in [0.717, 1.165) is 10.6 Å². The fourth-order valence-electron chi connectivity index (χ4n) is 2.22. The van der Waals surface area contributed by atoms with Crippen molar-refractivity contribution in [3.8, 4) is 0 Å². The molecule has 2 aromatic rings. The van der Waals surface area contributed by atoms with Gasteiger partial charge in [0.25, 0.3) is 5.91 Å². The molecule has 1 aromatic heterocycles. The van der Waals surface area contributed by atoms with Gasteiger partial charge in [-0.2, -0.15) is 0 Å². The minimum absolute atomic E-state index is 0.0498. The van der Waals surface area contributed by atoms with Gasteiger partial charge in [0.2, 0.25) is 5.91 Å². The van der Waals surface area contributed by atoms with Crippen molar-refractivity contribution in [3.05, 3.63) is 46.2 Å². The highest BCUT2D eigenvalue weighted by atomic mass is 32.1. The van der Waals surface area contributed by atoms with Crippen LogP contribution in [0.3, 0.4) is 0 Å². The number of rotatable bonds is 4. The molecule has 0 bridgehead atoms. The molecule has 0 aliphatic carbocycles. The molecule has 0 fully saturated rings. The summed E-state index contributed by atoms with van der Waals surface area (Å²) in [5.74, 6) is -1.49. The smallest absolute Gasteiger partial charge is 0.257 e. The summed E-state index contributed by atoms with van der Waals surface area (Å²) in [6, 6.07) is 5.77. The average Bonchev–Trinajstić information content (AvgIpc) is 2.81. The third-order valence-corrected chi connectivity index (χ3v) is 4.72. The van der Waals surface area contributed by atoms with Crippen molar-refractivity contribution in [2.24, 2.45) is 0 Å². The van der Waals surface area contributed by atoms with Gasteiger partial charge in [0.15, 0.2) is 5.13 Å². The first-order chi connectivity index (χ1) is 11.6. The molecule has 0 aliphatic rings. The van der Waals surface area contributed by atoms with E-state index < -0.39 is 17.3 Å². The zero-order valence-electron chi connectivity index (χ0n) is 15.0. The Bertz CT molecular complexity index is 776. The fraction of sp³-hybridized carbons (Fsp3) is 0.389. The third-order valence-electron chi connectivity index (χ3n) is 3.74. The molecule has 1 aromatic carbocycles. The van der Waals surface area contributed by atoms with E-state index >= 15 is 0 Å². The molecule has 2 amide bonds. The number of thiazole rings is 1. The van der Waals surface area contributed by atoms with E-state index in [1.165, 1.54) is 34.4 Å². The van der Waals surface area contributed by atoms with E-state index in [1.807, 2.05) is 13.8 Å². The molecule has 1 heterocycles. The number of carbonyl (C=O) groups excluding carboxylic acids is 2. The number of aromatic nitrogens is 1. The van der Waals surface area contributed by atoms with Crippen molar-refractivity contribution < 1.29 is 14.0 Å². The van der Waals surface area contributed by atoms with E-state index in [4.69, 9.17) is 0 Å². The lowest BCUT2D eigenvalue weighted by molar-refractivity contribution is -0.117. The summed E-state index contributed by atoms with van der Waals surface area (Å²) >= 11 is 1.38. The van der Waals surface area contributed by atoms with E-state index in [-0.39, 0.29) is 18.0 Å². The van der Waals surface area contributed by atoms with Gasteiger partial charge in [-0.05, 0) is 46.8 Å². The van der Waals surface area contributed by atoms with Gasteiger partial charge in [0.05, 0.1) is 11.3 Å². The molecule has 0 aliphatic heterocycles. The molecule has 0 radical (unpaired) electrons. The molecule has 134 valence electrons. The first kappa shape index (κ1) is 19.1. The highest BCUT2D eigenvalue weighted by molar-refractivity contribution is 7.15. The molecule has 0 saturated carbocycles. The molecule has 0 saturated heterocycles. The quantitative estimate of drug-likeness (QED) is 0.899. The Kier molecular flexibility index (Phi) is 5.57. The molecule has 0 unspecified atom stereocenters. The van der Waals surface area contributed by atoms with Gasteiger partial charge in [0.1, 0.15) is 12.4 Å². The van der Waals surface area contributed by atoms with Crippen LogP contribution in [0, 0.1) is 19.7 Å². The standard InChI is InChI=1S/C18H22FN3O2S/c1-11-12(2)25-17(20-11)21-15(23)10-22(18(3,4)5)16(24)13-8-6-7-9-14(13)19/h6-9H,10H2,1-5H3,(H,20,21,23). The number of halogens is 1. The fourth-order valence-corrected chi connectivity index (χ4v) is 3.05. The summed E-state index contributed by atoms with van der Waals surface area (Å²) in [4.78, 5) is 31.8. The minimum Gasteiger partial charge on any atom is -0.324 e. The number of nitrogens with zero attached hydrogens (tertiary/aromatic N) is 2. The summed E-state index contributed by atoms with van der Waals surface area (Å²) in [5.41, 5.74) is 0.160. The molecular weight excluding hydrogens is 341 g/mol. The second-order valence-corrected chi connectivity index (χ2v) is 7.95. The van der Waals surface area contributed by atoms with E-state index in [0.29, 0.717) is 5.13 Å². The maximum absolute atomic E-state index is 14.0. The lowest BCUT2D eigenvalue weighted by Crippen LogP contribution is -2.49. The van der Waals surface area contributed by atoms with Crippen LogP contribution >= 0.6 is 11.3 Å². The van der Waals surface area contributed by atoms with Gasteiger partial charge in [-0.25, -0.2) is 9.37 Å². The lowest BCUT2D eigenvalue weighted by atomic mass is 10.0. The molecular formula is C18H22FN3O2S. The van der Waals surface area contributed by atoms with Crippen molar-refractivity contribution in [3.63, 3.8) is 0 Å². The van der Waals surface area contributed by atoms with Crippen LogP contribution in [-0.4, -0.2) is 33.8 Å². The van der Waals surface area contributed by atoms with E-state index in [2.05, 4.69) is 10.3 Å². The van der Waals surface area contributed by atoms with Gasteiger partial charge in [-0.1, -0.05) is 12.1 Å². The number of anilines is 1. The summed E-state index contributed by atoms with van der Waals surface area (Å²) in [5, 5.41) is 3.20. The van der Waals surface area contributed by atoms with Crippen molar-refractivity contribution >= 4 is 28.3 Å². The number of amides is 2. The predicted octanol–water partition coefficient (Wildman–Crippen LogP) is 3.78. The number of aryl methyl sites for hydroxylation is 2. The first-order valence-electron chi connectivity index (χ1n) is 7.90. The Labute approximate surface area is 150 Å². The SMILES string of the molecule is Cc1nc(NC(=O)CN(C(=O)c2ccccc2F)C(C)(C)C)sc1C. The summed E-state index contributed by atoms with van der Waals surface area (Å²) < 4.78 is 14.0. The number of hydrogen-bond acceptors (Lipinski definition) is 4. The lowest BCUT2D eigenvalue weighted by Gasteiger charge is -2.35. The molecule has 25 heavy (non-hydrogen) atoms. The van der Waals surface area contributed by atoms with Gasteiger partial charge >= 0.3 is 0 Å². The minimum atomic E-state index is -0.647. The third kappa shape index (κ3) is 4.63. The average molecular weight is 363 g/mol. The zero-order valence-corrected chi connectivity index (χ0v) is 15.8. The maximum atomic E-state index is 14.0. The van der Waals surface area contributed by atoms with Crippen LogP contribution < -0.4 is 5.32 Å². The zero-order chi connectivity index (χ0) is 18.8. The van der Waals surface area contributed by atoms with Gasteiger partial charge < -0.3 is 10.2 Å². The van der Waals surface area contributed by atoms with Crippen molar-refractivity contribution in [1.29, 1.82) is 0 Å².